The standard InChI is InChI=1S/C16H17N3O3/c20-16(15-11-21-9-8-18-15)19-12-2-1-3-14(10-12)22-13-4-6-17-7-5-13/h1-7,10,15,18H,8-9,11H2,(H,19,20). The fourth-order valence-corrected chi connectivity index (χ4v) is 2.14. The van der Waals surface area contributed by atoms with Crippen molar-refractivity contribution in [3.8, 4) is 11.5 Å². The number of aromatic nitrogens is 1. The third-order valence-electron chi connectivity index (χ3n) is 3.23. The summed E-state index contributed by atoms with van der Waals surface area (Å²) in [5.41, 5.74) is 0.684. The number of nitrogens with one attached hydrogen (secondary N) is 2. The Morgan fingerprint density at radius 1 is 1.27 bits per heavy atom. The number of carbonyl (C=O) groups excluding carboxylic acids is 1. The maximum atomic E-state index is 12.1. The van der Waals surface area contributed by atoms with Crippen molar-refractivity contribution in [2.45, 2.75) is 6.04 Å². The summed E-state index contributed by atoms with van der Waals surface area (Å²) in [5, 5.41) is 5.98. The molecule has 1 atom stereocenters. The van der Waals surface area contributed by atoms with Gasteiger partial charge < -0.3 is 20.1 Å². The maximum absolute atomic E-state index is 12.1. The number of rotatable bonds is 4. The Labute approximate surface area is 128 Å². The smallest absolute Gasteiger partial charge is 0.243 e. The van der Waals surface area contributed by atoms with Crippen molar-refractivity contribution in [3.05, 3.63) is 48.8 Å². The topological polar surface area (TPSA) is 72.5 Å². The van der Waals surface area contributed by atoms with Crippen LogP contribution in [0.2, 0.25) is 0 Å². The minimum absolute atomic E-state index is 0.110. The molecule has 1 unspecified atom stereocenters. The van der Waals surface area contributed by atoms with Gasteiger partial charge in [-0.15, -0.1) is 0 Å². The average Bonchev–Trinajstić information content (AvgIpc) is 2.57. The van der Waals surface area contributed by atoms with Crippen LogP contribution in [0.5, 0.6) is 11.5 Å². The fourth-order valence-electron chi connectivity index (χ4n) is 2.14. The van der Waals surface area contributed by atoms with Crippen molar-refractivity contribution in [1.29, 1.82) is 0 Å². The molecule has 0 spiro atoms. The van der Waals surface area contributed by atoms with Gasteiger partial charge in [0.2, 0.25) is 5.91 Å². The lowest BCUT2D eigenvalue weighted by Crippen LogP contribution is -2.48. The van der Waals surface area contributed by atoms with Gasteiger partial charge in [-0.05, 0) is 24.3 Å². The molecular weight excluding hydrogens is 282 g/mol. The van der Waals surface area contributed by atoms with E-state index in [9.17, 15) is 4.79 Å². The van der Waals surface area contributed by atoms with Crippen LogP contribution in [-0.2, 0) is 9.53 Å². The molecule has 1 aliphatic rings. The lowest BCUT2D eigenvalue weighted by molar-refractivity contribution is -0.120. The van der Waals surface area contributed by atoms with Gasteiger partial charge in [0.1, 0.15) is 17.5 Å². The highest BCUT2D eigenvalue weighted by atomic mass is 16.5. The molecule has 0 bridgehead atoms. The zero-order valence-corrected chi connectivity index (χ0v) is 12.0. The first-order valence-electron chi connectivity index (χ1n) is 7.11. The zero-order valence-electron chi connectivity index (χ0n) is 12.0. The molecule has 2 heterocycles. The second-order valence-corrected chi connectivity index (χ2v) is 4.88. The van der Waals surface area contributed by atoms with E-state index in [2.05, 4.69) is 15.6 Å². The first-order chi connectivity index (χ1) is 10.8. The number of ether oxygens (including phenoxy) is 2. The van der Waals surface area contributed by atoms with Crippen LogP contribution in [-0.4, -0.2) is 36.7 Å². The second kappa shape index (κ2) is 7.02. The Hall–Kier alpha value is -2.44. The van der Waals surface area contributed by atoms with Crippen molar-refractivity contribution in [3.63, 3.8) is 0 Å². The van der Waals surface area contributed by atoms with Crippen LogP contribution in [0.15, 0.2) is 48.8 Å². The Balaban J connectivity index is 1.64. The van der Waals surface area contributed by atoms with Crippen molar-refractivity contribution < 1.29 is 14.3 Å². The molecule has 1 aromatic heterocycles. The number of amides is 1. The van der Waals surface area contributed by atoms with Crippen molar-refractivity contribution >= 4 is 11.6 Å². The van der Waals surface area contributed by atoms with E-state index in [1.807, 2.05) is 18.2 Å². The molecule has 114 valence electrons. The monoisotopic (exact) mass is 299 g/mol. The van der Waals surface area contributed by atoms with E-state index in [1.54, 1.807) is 30.6 Å². The summed E-state index contributed by atoms with van der Waals surface area (Å²) in [7, 11) is 0. The minimum Gasteiger partial charge on any atom is -0.457 e. The molecule has 0 radical (unpaired) electrons. The van der Waals surface area contributed by atoms with Gasteiger partial charge in [-0.3, -0.25) is 9.78 Å². The molecule has 6 heteroatoms. The summed E-state index contributed by atoms with van der Waals surface area (Å²) < 4.78 is 11.0. The molecule has 1 saturated heterocycles. The van der Waals surface area contributed by atoms with E-state index in [1.165, 1.54) is 0 Å². The van der Waals surface area contributed by atoms with E-state index in [4.69, 9.17) is 9.47 Å². The van der Waals surface area contributed by atoms with Gasteiger partial charge in [0.15, 0.2) is 0 Å². The Kier molecular flexibility index (Phi) is 4.62. The van der Waals surface area contributed by atoms with Gasteiger partial charge in [0.05, 0.1) is 13.2 Å². The lowest BCUT2D eigenvalue weighted by Gasteiger charge is -2.22. The summed E-state index contributed by atoms with van der Waals surface area (Å²) in [4.78, 5) is 16.1. The number of morpholine rings is 1. The molecule has 22 heavy (non-hydrogen) atoms. The fraction of sp³-hybridized carbons (Fsp3) is 0.250. The SMILES string of the molecule is O=C(Nc1cccc(Oc2ccncc2)c1)C1COCCN1. The van der Waals surface area contributed by atoms with Crippen molar-refractivity contribution in [2.24, 2.45) is 0 Å². The van der Waals surface area contributed by atoms with Crippen LogP contribution in [0.3, 0.4) is 0 Å². The number of nitrogens with zero attached hydrogens (tertiary/aromatic N) is 1. The predicted molar refractivity (Wildman–Crippen MR) is 82.0 cm³/mol. The molecule has 2 aromatic rings. The Morgan fingerprint density at radius 2 is 2.14 bits per heavy atom. The largest absolute Gasteiger partial charge is 0.457 e. The van der Waals surface area contributed by atoms with Crippen LogP contribution >= 0.6 is 0 Å². The zero-order chi connectivity index (χ0) is 15.2. The summed E-state index contributed by atoms with van der Waals surface area (Å²) in [5.74, 6) is 1.23. The molecule has 1 fully saturated rings. The summed E-state index contributed by atoms with van der Waals surface area (Å²) in [6, 6.07) is 10.5. The van der Waals surface area contributed by atoms with E-state index in [-0.39, 0.29) is 11.9 Å². The third-order valence-corrected chi connectivity index (χ3v) is 3.23. The number of pyridine rings is 1. The second-order valence-electron chi connectivity index (χ2n) is 4.88. The van der Waals surface area contributed by atoms with Gasteiger partial charge in [0, 0.05) is 30.7 Å². The predicted octanol–water partition coefficient (Wildman–Crippen LogP) is 1.80. The van der Waals surface area contributed by atoms with Crippen LogP contribution in [0.1, 0.15) is 0 Å². The summed E-state index contributed by atoms with van der Waals surface area (Å²) in [6.45, 7) is 1.71. The lowest BCUT2D eigenvalue weighted by atomic mass is 10.2. The molecule has 0 saturated carbocycles. The Morgan fingerprint density at radius 3 is 2.91 bits per heavy atom. The minimum atomic E-state index is -0.321. The summed E-state index contributed by atoms with van der Waals surface area (Å²) >= 11 is 0. The number of anilines is 1. The quantitative estimate of drug-likeness (QED) is 0.900. The number of carbonyl (C=O) groups is 1. The van der Waals surface area contributed by atoms with Gasteiger partial charge in [-0.1, -0.05) is 6.07 Å². The molecule has 6 nitrogen and oxygen atoms in total. The van der Waals surface area contributed by atoms with E-state index >= 15 is 0 Å². The number of hydrogen-bond donors (Lipinski definition) is 2. The molecule has 1 aromatic carbocycles. The third kappa shape index (κ3) is 3.81. The first-order valence-corrected chi connectivity index (χ1v) is 7.11. The molecular formula is C16H17N3O3. The summed E-state index contributed by atoms with van der Waals surface area (Å²) in [6.07, 6.45) is 3.32. The van der Waals surface area contributed by atoms with Gasteiger partial charge >= 0.3 is 0 Å². The van der Waals surface area contributed by atoms with E-state index in [0.29, 0.717) is 36.9 Å². The van der Waals surface area contributed by atoms with Crippen LogP contribution in [0.25, 0.3) is 0 Å². The van der Waals surface area contributed by atoms with Gasteiger partial charge in [-0.2, -0.15) is 0 Å². The van der Waals surface area contributed by atoms with Crippen molar-refractivity contribution in [1.82, 2.24) is 10.3 Å². The molecule has 0 aliphatic carbocycles. The van der Waals surface area contributed by atoms with Crippen LogP contribution in [0, 0.1) is 0 Å². The highest BCUT2D eigenvalue weighted by Gasteiger charge is 2.21. The average molecular weight is 299 g/mol. The number of benzene rings is 1. The highest BCUT2D eigenvalue weighted by molar-refractivity contribution is 5.95. The van der Waals surface area contributed by atoms with Crippen LogP contribution < -0.4 is 15.4 Å². The maximum Gasteiger partial charge on any atom is 0.243 e. The van der Waals surface area contributed by atoms with Crippen LogP contribution in [0.4, 0.5) is 5.69 Å². The van der Waals surface area contributed by atoms with Gasteiger partial charge in [-0.25, -0.2) is 0 Å². The van der Waals surface area contributed by atoms with E-state index in [0.717, 1.165) is 0 Å². The molecule has 2 N–H and O–H groups in total. The number of hydrogen-bond acceptors (Lipinski definition) is 5. The van der Waals surface area contributed by atoms with Gasteiger partial charge in [0.25, 0.3) is 0 Å². The normalized spacial score (nSPS) is 17.7. The van der Waals surface area contributed by atoms with E-state index < -0.39 is 0 Å². The van der Waals surface area contributed by atoms with Crippen molar-refractivity contribution in [2.75, 3.05) is 25.1 Å². The molecule has 1 amide bonds. The highest BCUT2D eigenvalue weighted by Crippen LogP contribution is 2.23. The Bertz CT molecular complexity index is 628. The first kappa shape index (κ1) is 14.5. The molecule has 3 rings (SSSR count). The molecule has 1 aliphatic heterocycles.